The van der Waals surface area contributed by atoms with E-state index in [2.05, 4.69) is 9.97 Å². The van der Waals surface area contributed by atoms with Gasteiger partial charge >= 0.3 is 0 Å². The van der Waals surface area contributed by atoms with Crippen LogP contribution < -0.4 is 10.6 Å². The van der Waals surface area contributed by atoms with E-state index in [9.17, 15) is 8.78 Å². The van der Waals surface area contributed by atoms with Crippen LogP contribution in [0.2, 0.25) is 0 Å². The van der Waals surface area contributed by atoms with Gasteiger partial charge in [0.1, 0.15) is 29.3 Å². The molecule has 0 spiro atoms. The molecule has 2 aromatic rings. The van der Waals surface area contributed by atoms with Crippen molar-refractivity contribution in [1.29, 1.82) is 0 Å². The highest BCUT2D eigenvalue weighted by Crippen LogP contribution is 2.33. The summed E-state index contributed by atoms with van der Waals surface area (Å²) in [6, 6.07) is 3.24. The van der Waals surface area contributed by atoms with Gasteiger partial charge in [-0.2, -0.15) is 0 Å². The number of nitrogen functional groups attached to an aromatic ring is 1. The van der Waals surface area contributed by atoms with E-state index in [0.717, 1.165) is 44.1 Å². The lowest BCUT2D eigenvalue weighted by Gasteiger charge is -2.19. The molecule has 0 aliphatic carbocycles. The summed E-state index contributed by atoms with van der Waals surface area (Å²) in [5.74, 6) is -0.484. The minimum atomic E-state index is -0.552. The summed E-state index contributed by atoms with van der Waals surface area (Å²) in [7, 11) is 0. The Morgan fingerprint density at radius 3 is 2.60 bits per heavy atom. The quantitative estimate of drug-likeness (QED) is 0.916. The molecule has 0 radical (unpaired) electrons. The van der Waals surface area contributed by atoms with Gasteiger partial charge in [0.15, 0.2) is 5.82 Å². The fourth-order valence-electron chi connectivity index (χ4n) is 2.46. The lowest BCUT2D eigenvalue weighted by molar-refractivity contribution is 0.602. The zero-order valence-corrected chi connectivity index (χ0v) is 10.8. The largest absolute Gasteiger partial charge is 0.394 e. The summed E-state index contributed by atoms with van der Waals surface area (Å²) in [5, 5.41) is 0. The summed E-state index contributed by atoms with van der Waals surface area (Å²) in [6.45, 7) is 1.73. The monoisotopic (exact) mass is 276 g/mol. The van der Waals surface area contributed by atoms with Crippen molar-refractivity contribution in [1.82, 2.24) is 9.97 Å². The van der Waals surface area contributed by atoms with Gasteiger partial charge in [0.2, 0.25) is 0 Å². The fourth-order valence-corrected chi connectivity index (χ4v) is 2.46. The molecule has 2 heterocycles. The molecule has 4 nitrogen and oxygen atoms in total. The predicted octanol–water partition coefficient (Wildman–Crippen LogP) is 2.60. The molecule has 1 fully saturated rings. The van der Waals surface area contributed by atoms with Crippen molar-refractivity contribution in [3.8, 4) is 11.3 Å². The van der Waals surface area contributed by atoms with Crippen molar-refractivity contribution in [2.45, 2.75) is 12.8 Å². The first kappa shape index (κ1) is 12.8. The predicted molar refractivity (Wildman–Crippen MR) is 73.2 cm³/mol. The van der Waals surface area contributed by atoms with Crippen LogP contribution in [0.15, 0.2) is 24.5 Å². The van der Waals surface area contributed by atoms with E-state index >= 15 is 0 Å². The minimum Gasteiger partial charge on any atom is -0.394 e. The first-order valence-electron chi connectivity index (χ1n) is 6.47. The molecule has 3 rings (SSSR count). The Kier molecular flexibility index (Phi) is 3.22. The lowest BCUT2D eigenvalue weighted by atomic mass is 10.1. The van der Waals surface area contributed by atoms with E-state index in [0.29, 0.717) is 11.5 Å². The summed E-state index contributed by atoms with van der Waals surface area (Å²) in [4.78, 5) is 10.2. The van der Waals surface area contributed by atoms with Gasteiger partial charge in [-0.25, -0.2) is 18.7 Å². The molecular weight excluding hydrogens is 262 g/mol. The average Bonchev–Trinajstić information content (AvgIpc) is 2.96. The number of halogens is 2. The molecule has 1 aromatic heterocycles. The molecule has 1 saturated heterocycles. The number of nitrogens with two attached hydrogens (primary N) is 1. The van der Waals surface area contributed by atoms with Crippen LogP contribution in [-0.2, 0) is 0 Å². The van der Waals surface area contributed by atoms with Crippen LogP contribution in [0.25, 0.3) is 11.3 Å². The van der Waals surface area contributed by atoms with Crippen molar-refractivity contribution in [2.24, 2.45) is 0 Å². The van der Waals surface area contributed by atoms with E-state index in [4.69, 9.17) is 5.73 Å². The van der Waals surface area contributed by atoms with Gasteiger partial charge in [-0.1, -0.05) is 0 Å². The lowest BCUT2D eigenvalue weighted by Crippen LogP contribution is -2.21. The van der Waals surface area contributed by atoms with E-state index in [1.54, 1.807) is 0 Å². The molecule has 20 heavy (non-hydrogen) atoms. The number of hydrogen-bond acceptors (Lipinski definition) is 4. The highest BCUT2D eigenvalue weighted by Gasteiger charge is 2.20. The van der Waals surface area contributed by atoms with Crippen molar-refractivity contribution < 1.29 is 8.78 Å². The van der Waals surface area contributed by atoms with Crippen LogP contribution in [-0.4, -0.2) is 23.1 Å². The maximum absolute atomic E-state index is 13.8. The summed E-state index contributed by atoms with van der Waals surface area (Å²) >= 11 is 0. The Balaban J connectivity index is 2.10. The summed E-state index contributed by atoms with van der Waals surface area (Å²) < 4.78 is 27.2. The van der Waals surface area contributed by atoms with Crippen LogP contribution in [0.4, 0.5) is 20.3 Å². The second-order valence-electron chi connectivity index (χ2n) is 4.78. The zero-order valence-electron chi connectivity index (χ0n) is 10.8. The minimum absolute atomic E-state index is 0.0605. The molecule has 1 aromatic carbocycles. The van der Waals surface area contributed by atoms with Gasteiger partial charge in [0.05, 0.1) is 0 Å². The molecule has 0 atom stereocenters. The molecule has 0 amide bonds. The van der Waals surface area contributed by atoms with Crippen LogP contribution in [0.5, 0.6) is 0 Å². The second-order valence-corrected chi connectivity index (χ2v) is 4.78. The summed E-state index contributed by atoms with van der Waals surface area (Å²) in [6.07, 6.45) is 3.49. The third kappa shape index (κ3) is 2.17. The molecule has 2 N–H and O–H groups in total. The normalized spacial score (nSPS) is 14.8. The molecule has 0 saturated carbocycles. The molecule has 1 aliphatic rings. The smallest absolute Gasteiger partial charge is 0.155 e. The number of benzene rings is 1. The third-order valence-electron chi connectivity index (χ3n) is 3.45. The summed E-state index contributed by atoms with van der Waals surface area (Å²) in [5.41, 5.74) is 6.64. The van der Waals surface area contributed by atoms with Gasteiger partial charge in [0, 0.05) is 18.7 Å². The first-order chi connectivity index (χ1) is 9.66. The third-order valence-corrected chi connectivity index (χ3v) is 3.45. The molecule has 104 valence electrons. The molecule has 6 heteroatoms. The molecule has 0 bridgehead atoms. The Labute approximate surface area is 115 Å². The van der Waals surface area contributed by atoms with Crippen LogP contribution in [0, 0.1) is 11.6 Å². The second kappa shape index (κ2) is 5.03. The molecular formula is C14H14F2N4. The van der Waals surface area contributed by atoms with E-state index < -0.39 is 11.6 Å². The van der Waals surface area contributed by atoms with Crippen molar-refractivity contribution >= 4 is 11.5 Å². The van der Waals surface area contributed by atoms with Crippen molar-refractivity contribution in [3.63, 3.8) is 0 Å². The number of nitrogens with zero attached hydrogens (tertiary/aromatic N) is 3. The highest BCUT2D eigenvalue weighted by atomic mass is 19.1. The standard InChI is InChI=1S/C14H14F2N4/c15-9-3-4-11(16)10(7-9)13-12(17)14(19-8-18-13)20-5-1-2-6-20/h3-4,7-8H,1-2,5-6,17H2. The Morgan fingerprint density at radius 1 is 1.10 bits per heavy atom. The average molecular weight is 276 g/mol. The van der Waals surface area contributed by atoms with Crippen LogP contribution in [0.3, 0.4) is 0 Å². The highest BCUT2D eigenvalue weighted by molar-refractivity contribution is 5.81. The van der Waals surface area contributed by atoms with Crippen molar-refractivity contribution in [2.75, 3.05) is 23.7 Å². The SMILES string of the molecule is Nc1c(-c2cc(F)ccc2F)ncnc1N1CCCC1. The topological polar surface area (TPSA) is 55.0 Å². The first-order valence-corrected chi connectivity index (χ1v) is 6.47. The number of aromatic nitrogens is 2. The van der Waals surface area contributed by atoms with Gasteiger partial charge in [-0.3, -0.25) is 0 Å². The number of hydrogen-bond donors (Lipinski definition) is 1. The van der Waals surface area contributed by atoms with E-state index in [1.165, 1.54) is 6.33 Å². The van der Waals surface area contributed by atoms with Gasteiger partial charge < -0.3 is 10.6 Å². The van der Waals surface area contributed by atoms with Gasteiger partial charge in [-0.15, -0.1) is 0 Å². The fraction of sp³-hybridized carbons (Fsp3) is 0.286. The van der Waals surface area contributed by atoms with E-state index in [-0.39, 0.29) is 11.3 Å². The van der Waals surface area contributed by atoms with Gasteiger partial charge in [-0.05, 0) is 31.0 Å². The number of anilines is 2. The van der Waals surface area contributed by atoms with Gasteiger partial charge in [0.25, 0.3) is 0 Å². The zero-order chi connectivity index (χ0) is 14.1. The Hall–Kier alpha value is -2.24. The maximum atomic E-state index is 13.8. The Morgan fingerprint density at radius 2 is 1.85 bits per heavy atom. The van der Waals surface area contributed by atoms with Crippen molar-refractivity contribution in [3.05, 3.63) is 36.2 Å². The number of rotatable bonds is 2. The van der Waals surface area contributed by atoms with Crippen LogP contribution in [0.1, 0.15) is 12.8 Å². The molecule has 0 unspecified atom stereocenters. The Bertz CT molecular complexity index is 639. The van der Waals surface area contributed by atoms with E-state index in [1.807, 2.05) is 4.90 Å². The van der Waals surface area contributed by atoms with Crippen LogP contribution >= 0.6 is 0 Å². The molecule has 1 aliphatic heterocycles. The maximum Gasteiger partial charge on any atom is 0.155 e.